The largest absolute Gasteiger partial charge is 0.256 e. The zero-order chi connectivity index (χ0) is 44.1. The van der Waals surface area contributed by atoms with Gasteiger partial charge in [0.25, 0.3) is 0 Å². The molecule has 0 amide bonds. The molecular weight excluding hydrogens is 809 g/mol. The summed E-state index contributed by atoms with van der Waals surface area (Å²) < 4.78 is 0. The Balaban J connectivity index is 0.778. The van der Waals surface area contributed by atoms with Gasteiger partial charge in [-0.15, -0.1) is 0 Å². The number of benzene rings is 3. The third kappa shape index (κ3) is 8.37. The van der Waals surface area contributed by atoms with Gasteiger partial charge in [0.2, 0.25) is 0 Å². The summed E-state index contributed by atoms with van der Waals surface area (Å²) in [4.78, 5) is 37.2. The first-order valence-electron chi connectivity index (χ1n) is 21.6. The predicted octanol–water partition coefficient (Wildman–Crippen LogP) is 13.5. The average Bonchev–Trinajstić information content (AvgIpc) is 3.42. The third-order valence-corrected chi connectivity index (χ3v) is 11.6. The number of aromatic nitrogens is 8. The van der Waals surface area contributed by atoms with Crippen molar-refractivity contribution in [2.75, 3.05) is 0 Å². The summed E-state index contributed by atoms with van der Waals surface area (Å²) >= 11 is 0. The van der Waals surface area contributed by atoms with Crippen molar-refractivity contribution < 1.29 is 0 Å². The summed E-state index contributed by atoms with van der Waals surface area (Å²) in [7, 11) is 0. The Morgan fingerprint density at radius 3 is 0.803 bits per heavy atom. The van der Waals surface area contributed by atoms with Crippen molar-refractivity contribution in [3.05, 3.63) is 232 Å². The molecular formula is C58H38N8. The highest BCUT2D eigenvalue weighted by molar-refractivity contribution is 5.87. The number of hydrogen-bond donors (Lipinski definition) is 0. The fourth-order valence-corrected chi connectivity index (χ4v) is 8.04. The second-order valence-corrected chi connectivity index (χ2v) is 15.7. The predicted molar refractivity (Wildman–Crippen MR) is 263 cm³/mol. The third-order valence-electron chi connectivity index (χ3n) is 11.6. The van der Waals surface area contributed by atoms with Crippen molar-refractivity contribution in [3.8, 4) is 112 Å². The fourth-order valence-electron chi connectivity index (χ4n) is 8.04. The molecule has 11 rings (SSSR count). The van der Waals surface area contributed by atoms with Crippen molar-refractivity contribution in [1.29, 1.82) is 0 Å². The van der Waals surface area contributed by atoms with Crippen LogP contribution >= 0.6 is 0 Å². The molecule has 0 saturated carbocycles. The van der Waals surface area contributed by atoms with Crippen LogP contribution in [0.1, 0.15) is 0 Å². The second kappa shape index (κ2) is 17.9. The zero-order valence-electron chi connectivity index (χ0n) is 35.5. The van der Waals surface area contributed by atoms with Gasteiger partial charge >= 0.3 is 0 Å². The van der Waals surface area contributed by atoms with Gasteiger partial charge in [-0.05, 0) is 130 Å². The Morgan fingerprint density at radius 1 is 0.182 bits per heavy atom. The Morgan fingerprint density at radius 2 is 0.485 bits per heavy atom. The van der Waals surface area contributed by atoms with Crippen LogP contribution in [-0.4, -0.2) is 39.9 Å². The number of nitrogens with zero attached hydrogens (tertiary/aromatic N) is 8. The molecule has 310 valence electrons. The molecule has 0 saturated heterocycles. The molecule has 11 aromatic rings. The summed E-state index contributed by atoms with van der Waals surface area (Å²) in [5.74, 6) is 0. The summed E-state index contributed by atoms with van der Waals surface area (Å²) in [6.07, 6.45) is 14.8. The molecule has 8 heteroatoms. The second-order valence-electron chi connectivity index (χ2n) is 15.7. The van der Waals surface area contributed by atoms with Gasteiger partial charge in [0.1, 0.15) is 0 Å². The van der Waals surface area contributed by atoms with Crippen LogP contribution in [0.2, 0.25) is 0 Å². The molecule has 0 aliphatic heterocycles. The summed E-state index contributed by atoms with van der Waals surface area (Å²) in [6, 6.07) is 62.0. The Hall–Kier alpha value is -9.14. The van der Waals surface area contributed by atoms with Crippen molar-refractivity contribution in [1.82, 2.24) is 39.9 Å². The van der Waals surface area contributed by atoms with Crippen LogP contribution < -0.4 is 0 Å². The minimum atomic E-state index is 0.827. The lowest BCUT2D eigenvalue weighted by molar-refractivity contribution is 1.23. The van der Waals surface area contributed by atoms with Gasteiger partial charge in [0, 0.05) is 83.0 Å². The maximum Gasteiger partial charge on any atom is 0.0886 e. The van der Waals surface area contributed by atoms with E-state index in [-0.39, 0.29) is 0 Å². The van der Waals surface area contributed by atoms with E-state index in [1.807, 2.05) is 110 Å². The van der Waals surface area contributed by atoms with Crippen LogP contribution in [0.5, 0.6) is 0 Å². The van der Waals surface area contributed by atoms with E-state index < -0.39 is 0 Å². The molecule has 0 radical (unpaired) electrons. The van der Waals surface area contributed by atoms with E-state index in [4.69, 9.17) is 19.9 Å². The normalized spacial score (nSPS) is 11.0. The minimum absolute atomic E-state index is 0.827. The van der Waals surface area contributed by atoms with Crippen LogP contribution in [0.15, 0.2) is 232 Å². The van der Waals surface area contributed by atoms with E-state index in [2.05, 4.69) is 129 Å². The number of hydrogen-bond acceptors (Lipinski definition) is 8. The van der Waals surface area contributed by atoms with Crippen LogP contribution in [0.3, 0.4) is 0 Å². The van der Waals surface area contributed by atoms with Crippen LogP contribution in [0.4, 0.5) is 0 Å². The van der Waals surface area contributed by atoms with Gasteiger partial charge in [-0.2, -0.15) is 0 Å². The van der Waals surface area contributed by atoms with Crippen LogP contribution in [0, 0.1) is 0 Å². The molecule has 3 aromatic carbocycles. The van der Waals surface area contributed by atoms with Gasteiger partial charge < -0.3 is 0 Å². The van der Waals surface area contributed by atoms with Gasteiger partial charge in [0.15, 0.2) is 0 Å². The molecule has 8 aromatic heterocycles. The standard InChI is InChI=1S/C58H38N8/c1-2-14-50(42-12-8-10-40(32-42)44-18-24-52(62-34-44)46-20-26-54(64-36-46)48-22-28-58(66-38-48)56-16-4-6-30-60-56)49(13-1)41-11-7-9-39(31-41)43-17-23-51(61-33-43)45-19-25-53(63-35-45)47-21-27-57(65-37-47)55-15-3-5-29-59-55/h1-38H. The Kier molecular flexibility index (Phi) is 10.8. The molecule has 0 atom stereocenters. The first-order chi connectivity index (χ1) is 32.7. The lowest BCUT2D eigenvalue weighted by Gasteiger charge is -2.13. The van der Waals surface area contributed by atoms with Gasteiger partial charge in [0.05, 0.1) is 45.6 Å². The quantitative estimate of drug-likeness (QED) is 0.134. The molecule has 0 bridgehead atoms. The molecule has 0 unspecified atom stereocenters. The fraction of sp³-hybridized carbons (Fsp3) is 0. The van der Waals surface area contributed by atoms with Crippen molar-refractivity contribution >= 4 is 0 Å². The highest BCUT2D eigenvalue weighted by Crippen LogP contribution is 2.36. The SMILES string of the molecule is c1ccc(-c2ccc(-c3ccc(-c4ccc(-c5cccc(-c6ccccc6-c6cccc(-c7ccc(-c8ccc(-c9ccc(-c%10ccccn%10)nc9)nc8)nc7)c6)c5)cn4)cn3)cn2)nc1. The number of pyridine rings is 8. The molecule has 0 aliphatic carbocycles. The lowest BCUT2D eigenvalue weighted by atomic mass is 9.91. The van der Waals surface area contributed by atoms with Gasteiger partial charge in [-0.3, -0.25) is 39.9 Å². The maximum atomic E-state index is 4.86. The Bertz CT molecular complexity index is 3170. The molecule has 66 heavy (non-hydrogen) atoms. The van der Waals surface area contributed by atoms with Crippen molar-refractivity contribution in [2.45, 2.75) is 0 Å². The first-order valence-corrected chi connectivity index (χ1v) is 21.6. The lowest BCUT2D eigenvalue weighted by Crippen LogP contribution is -1.91. The zero-order valence-corrected chi connectivity index (χ0v) is 35.5. The molecule has 0 aliphatic rings. The summed E-state index contributed by atoms with van der Waals surface area (Å²) in [5, 5.41) is 0. The topological polar surface area (TPSA) is 103 Å². The van der Waals surface area contributed by atoms with E-state index in [1.54, 1.807) is 12.4 Å². The van der Waals surface area contributed by atoms with E-state index >= 15 is 0 Å². The molecule has 0 N–H and O–H groups in total. The summed E-state index contributed by atoms with van der Waals surface area (Å²) in [6.45, 7) is 0. The maximum absolute atomic E-state index is 4.86. The monoisotopic (exact) mass is 846 g/mol. The smallest absolute Gasteiger partial charge is 0.0886 e. The van der Waals surface area contributed by atoms with Crippen molar-refractivity contribution in [2.24, 2.45) is 0 Å². The van der Waals surface area contributed by atoms with E-state index in [1.165, 1.54) is 0 Å². The van der Waals surface area contributed by atoms with E-state index in [9.17, 15) is 0 Å². The molecule has 8 nitrogen and oxygen atoms in total. The number of rotatable bonds is 10. The minimum Gasteiger partial charge on any atom is -0.256 e. The van der Waals surface area contributed by atoms with Crippen LogP contribution in [0.25, 0.3) is 112 Å². The van der Waals surface area contributed by atoms with Crippen LogP contribution in [-0.2, 0) is 0 Å². The first kappa shape index (κ1) is 39.7. The van der Waals surface area contributed by atoms with E-state index in [0.717, 1.165) is 112 Å². The molecule has 0 spiro atoms. The molecule has 0 fully saturated rings. The molecule has 8 heterocycles. The summed E-state index contributed by atoms with van der Waals surface area (Å²) in [5.41, 5.74) is 19.3. The van der Waals surface area contributed by atoms with Crippen molar-refractivity contribution in [3.63, 3.8) is 0 Å². The highest BCUT2D eigenvalue weighted by atomic mass is 14.8. The van der Waals surface area contributed by atoms with E-state index in [0.29, 0.717) is 0 Å². The average molecular weight is 847 g/mol. The van der Waals surface area contributed by atoms with Gasteiger partial charge in [-0.1, -0.05) is 84.9 Å². The highest BCUT2D eigenvalue weighted by Gasteiger charge is 2.12. The van der Waals surface area contributed by atoms with Gasteiger partial charge in [-0.25, -0.2) is 0 Å². The Labute approximate surface area is 382 Å².